The number of carboxylic acids is 1. The SMILES string of the molecule is C=CC1C(C(=O)O)C(C(=O)NCCCCOP(=O)(OCC)OCC)C(C(C)=O)N1Cc1ccccc1. The van der Waals surface area contributed by atoms with Crippen LogP contribution in [0.4, 0.5) is 0 Å². The molecule has 11 heteroatoms. The van der Waals surface area contributed by atoms with Crippen molar-refractivity contribution in [1.82, 2.24) is 10.2 Å². The molecule has 1 saturated heterocycles. The van der Waals surface area contributed by atoms with Gasteiger partial charge in [-0.1, -0.05) is 36.4 Å². The number of ketones is 1. The van der Waals surface area contributed by atoms with E-state index in [1.807, 2.05) is 30.3 Å². The molecule has 1 aromatic rings. The zero-order valence-corrected chi connectivity index (χ0v) is 22.0. The van der Waals surface area contributed by atoms with Gasteiger partial charge in [-0.15, -0.1) is 6.58 Å². The van der Waals surface area contributed by atoms with Gasteiger partial charge in [-0.2, -0.15) is 0 Å². The predicted octanol–water partition coefficient (Wildman–Crippen LogP) is 3.43. The van der Waals surface area contributed by atoms with Crippen molar-refractivity contribution in [3.05, 3.63) is 48.6 Å². The normalized spacial score (nSPS) is 22.3. The van der Waals surface area contributed by atoms with Gasteiger partial charge in [0.05, 0.1) is 37.7 Å². The second kappa shape index (κ2) is 14.4. The van der Waals surface area contributed by atoms with Gasteiger partial charge < -0.3 is 10.4 Å². The smallest absolute Gasteiger partial charge is 0.474 e. The number of rotatable bonds is 16. The summed E-state index contributed by atoms with van der Waals surface area (Å²) in [4.78, 5) is 39.9. The number of nitrogens with one attached hydrogen (secondary N) is 1. The minimum absolute atomic E-state index is 0.105. The van der Waals surface area contributed by atoms with Gasteiger partial charge in [0.25, 0.3) is 0 Å². The van der Waals surface area contributed by atoms with Crippen molar-refractivity contribution in [3.8, 4) is 0 Å². The number of likely N-dealkylation sites (tertiary alicyclic amines) is 1. The average Bonchev–Trinajstić information content (AvgIpc) is 3.16. The van der Waals surface area contributed by atoms with E-state index in [4.69, 9.17) is 13.6 Å². The van der Waals surface area contributed by atoms with Crippen LogP contribution >= 0.6 is 7.82 Å². The first-order valence-electron chi connectivity index (χ1n) is 12.2. The molecule has 0 spiro atoms. The van der Waals surface area contributed by atoms with Gasteiger partial charge in [-0.3, -0.25) is 32.9 Å². The van der Waals surface area contributed by atoms with Crippen molar-refractivity contribution in [2.24, 2.45) is 11.8 Å². The van der Waals surface area contributed by atoms with Gasteiger partial charge in [0.1, 0.15) is 5.78 Å². The van der Waals surface area contributed by atoms with E-state index in [0.717, 1.165) is 5.56 Å². The number of benzene rings is 1. The molecule has 10 nitrogen and oxygen atoms in total. The molecule has 1 heterocycles. The quantitative estimate of drug-likeness (QED) is 0.190. The second-order valence-electron chi connectivity index (χ2n) is 8.44. The molecule has 1 amide bonds. The highest BCUT2D eigenvalue weighted by Crippen LogP contribution is 2.49. The fraction of sp³-hybridized carbons (Fsp3) is 0.560. The Balaban J connectivity index is 2.05. The first kappa shape index (κ1) is 29.9. The van der Waals surface area contributed by atoms with Crippen LogP contribution in [0, 0.1) is 11.8 Å². The number of hydrogen-bond donors (Lipinski definition) is 2. The minimum Gasteiger partial charge on any atom is -0.481 e. The van der Waals surface area contributed by atoms with Gasteiger partial charge in [0.15, 0.2) is 0 Å². The molecule has 0 radical (unpaired) electrons. The molecule has 0 bridgehead atoms. The molecular formula is C25H37N2O8P. The van der Waals surface area contributed by atoms with Crippen molar-refractivity contribution in [1.29, 1.82) is 0 Å². The molecule has 200 valence electrons. The van der Waals surface area contributed by atoms with E-state index in [1.165, 1.54) is 13.0 Å². The van der Waals surface area contributed by atoms with Crippen molar-refractivity contribution >= 4 is 25.5 Å². The van der Waals surface area contributed by atoms with Crippen LogP contribution in [0.2, 0.25) is 0 Å². The highest BCUT2D eigenvalue weighted by molar-refractivity contribution is 7.48. The summed E-state index contributed by atoms with van der Waals surface area (Å²) >= 11 is 0. The van der Waals surface area contributed by atoms with Crippen molar-refractivity contribution < 1.29 is 37.6 Å². The Hall–Kier alpha value is -2.36. The summed E-state index contributed by atoms with van der Waals surface area (Å²) in [6, 6.07) is 7.78. The summed E-state index contributed by atoms with van der Waals surface area (Å²) in [6.07, 6.45) is 2.44. The Morgan fingerprint density at radius 3 is 2.25 bits per heavy atom. The first-order valence-corrected chi connectivity index (χ1v) is 13.6. The third-order valence-electron chi connectivity index (χ3n) is 5.98. The summed E-state index contributed by atoms with van der Waals surface area (Å²) in [5, 5.41) is 12.8. The molecule has 2 N–H and O–H groups in total. The van der Waals surface area contributed by atoms with Gasteiger partial charge in [0.2, 0.25) is 5.91 Å². The molecule has 36 heavy (non-hydrogen) atoms. The lowest BCUT2D eigenvalue weighted by Gasteiger charge is -2.28. The Morgan fingerprint density at radius 1 is 1.08 bits per heavy atom. The molecule has 1 aromatic carbocycles. The lowest BCUT2D eigenvalue weighted by atomic mass is 9.85. The van der Waals surface area contributed by atoms with E-state index in [9.17, 15) is 24.1 Å². The fourth-order valence-corrected chi connectivity index (χ4v) is 5.75. The first-order chi connectivity index (χ1) is 17.2. The maximum absolute atomic E-state index is 13.2. The van der Waals surface area contributed by atoms with E-state index < -0.39 is 43.6 Å². The van der Waals surface area contributed by atoms with Gasteiger partial charge >= 0.3 is 13.8 Å². The van der Waals surface area contributed by atoms with Crippen LogP contribution in [-0.2, 0) is 39.1 Å². The molecular weight excluding hydrogens is 487 g/mol. The number of amides is 1. The van der Waals surface area contributed by atoms with Gasteiger partial charge in [-0.05, 0) is 39.2 Å². The van der Waals surface area contributed by atoms with E-state index in [2.05, 4.69) is 11.9 Å². The number of phosphoric ester groups is 1. The topological polar surface area (TPSA) is 131 Å². The molecule has 4 unspecified atom stereocenters. The summed E-state index contributed by atoms with van der Waals surface area (Å²) in [5.74, 6) is -4.12. The van der Waals surface area contributed by atoms with Crippen LogP contribution in [0.3, 0.4) is 0 Å². The highest BCUT2D eigenvalue weighted by atomic mass is 31.2. The summed E-state index contributed by atoms with van der Waals surface area (Å²) in [7, 11) is -3.59. The number of carbonyl (C=O) groups is 3. The Bertz CT molecular complexity index is 931. The van der Waals surface area contributed by atoms with Crippen LogP contribution in [0.1, 0.15) is 39.2 Å². The number of carboxylic acid groups (broad SMARTS) is 1. The molecule has 0 aromatic heterocycles. The fourth-order valence-electron chi connectivity index (χ4n) is 4.54. The average molecular weight is 525 g/mol. The zero-order valence-electron chi connectivity index (χ0n) is 21.1. The Morgan fingerprint density at radius 2 is 1.72 bits per heavy atom. The molecule has 1 aliphatic heterocycles. The molecule has 1 fully saturated rings. The number of carbonyl (C=O) groups excluding carboxylic acids is 2. The maximum Gasteiger partial charge on any atom is 0.474 e. The number of aliphatic carboxylic acids is 1. The molecule has 0 saturated carbocycles. The standard InChI is InChI=1S/C25H37N2O8P/c1-5-20-21(25(30)31)22(23(18(4)28)27(20)17-19-13-9-8-10-14-19)24(29)26-15-11-12-16-35-36(32,33-6-2)34-7-3/h5,8-10,13-14,20-23H,1,6-7,11-12,15-17H2,2-4H3,(H,26,29)(H,30,31). The van der Waals surface area contributed by atoms with Crippen LogP contribution in [0.15, 0.2) is 43.0 Å². The van der Waals surface area contributed by atoms with Crippen LogP contribution < -0.4 is 5.32 Å². The van der Waals surface area contributed by atoms with Crippen molar-refractivity contribution in [2.75, 3.05) is 26.4 Å². The van der Waals surface area contributed by atoms with Gasteiger partial charge in [-0.25, -0.2) is 4.57 Å². The van der Waals surface area contributed by atoms with E-state index in [0.29, 0.717) is 19.4 Å². The zero-order chi connectivity index (χ0) is 26.7. The second-order valence-corrected chi connectivity index (χ2v) is 10.1. The number of Topliss-reactive ketones (excluding diaryl/α,β-unsaturated/α-hetero) is 1. The van der Waals surface area contributed by atoms with E-state index in [1.54, 1.807) is 18.7 Å². The number of phosphoric acid groups is 1. The van der Waals surface area contributed by atoms with Crippen LogP contribution in [0.25, 0.3) is 0 Å². The number of hydrogen-bond acceptors (Lipinski definition) is 8. The third kappa shape index (κ3) is 7.82. The largest absolute Gasteiger partial charge is 0.481 e. The molecule has 2 rings (SSSR count). The summed E-state index contributed by atoms with van der Waals surface area (Å²) in [5.41, 5.74) is 0.900. The monoisotopic (exact) mass is 524 g/mol. The number of unbranched alkanes of at least 4 members (excludes halogenated alkanes) is 1. The minimum atomic E-state index is -3.59. The third-order valence-corrected chi connectivity index (χ3v) is 7.63. The lowest BCUT2D eigenvalue weighted by Crippen LogP contribution is -2.46. The number of nitrogens with zero attached hydrogens (tertiary/aromatic N) is 1. The van der Waals surface area contributed by atoms with Crippen LogP contribution in [0.5, 0.6) is 0 Å². The Labute approximate surface area is 212 Å². The van der Waals surface area contributed by atoms with Crippen LogP contribution in [-0.4, -0.2) is 66.1 Å². The Kier molecular flexibility index (Phi) is 11.9. The van der Waals surface area contributed by atoms with Crippen molar-refractivity contribution in [2.45, 2.75) is 52.2 Å². The molecule has 4 atom stereocenters. The maximum atomic E-state index is 13.2. The summed E-state index contributed by atoms with van der Waals surface area (Å²) in [6.45, 7) is 9.56. The summed E-state index contributed by atoms with van der Waals surface area (Å²) < 4.78 is 27.7. The predicted molar refractivity (Wildman–Crippen MR) is 134 cm³/mol. The highest BCUT2D eigenvalue weighted by Gasteiger charge is 2.55. The van der Waals surface area contributed by atoms with E-state index in [-0.39, 0.29) is 32.1 Å². The molecule has 1 aliphatic rings. The lowest BCUT2D eigenvalue weighted by molar-refractivity contribution is -0.146. The molecule has 0 aliphatic carbocycles. The van der Waals surface area contributed by atoms with Crippen molar-refractivity contribution in [3.63, 3.8) is 0 Å². The van der Waals surface area contributed by atoms with Gasteiger partial charge in [0, 0.05) is 19.1 Å². The van der Waals surface area contributed by atoms with E-state index >= 15 is 0 Å².